The molecule has 6 atom stereocenters. The van der Waals surface area contributed by atoms with E-state index in [-0.39, 0.29) is 31.7 Å². The number of carbonyl (C=O) groups excluding carboxylic acids is 1. The third-order valence-electron chi connectivity index (χ3n) is 6.84. The first-order valence-corrected chi connectivity index (χ1v) is 13.3. The molecular weight excluding hydrogens is 479 g/mol. The van der Waals surface area contributed by atoms with E-state index in [9.17, 15) is 18.9 Å². The van der Waals surface area contributed by atoms with E-state index in [1.54, 1.807) is 13.8 Å². The molecule has 3 heterocycles. The minimum absolute atomic E-state index is 0.0355. The first-order valence-electron chi connectivity index (χ1n) is 11.9. The van der Waals surface area contributed by atoms with Gasteiger partial charge in [-0.15, -0.1) is 6.42 Å². The number of H-pyrrole nitrogens is 1. The zero-order valence-electron chi connectivity index (χ0n) is 19.8. The van der Waals surface area contributed by atoms with E-state index in [1.807, 2.05) is 0 Å². The zero-order valence-corrected chi connectivity index (χ0v) is 20.7. The Labute approximate surface area is 203 Å². The van der Waals surface area contributed by atoms with Crippen molar-refractivity contribution in [2.75, 3.05) is 13.2 Å². The zero-order chi connectivity index (χ0) is 25.2. The summed E-state index contributed by atoms with van der Waals surface area (Å²) in [5.41, 5.74) is -2.47. The van der Waals surface area contributed by atoms with Crippen molar-refractivity contribution in [1.29, 1.82) is 0 Å². The van der Waals surface area contributed by atoms with Crippen LogP contribution in [-0.2, 0) is 32.4 Å². The Morgan fingerprint density at radius 3 is 2.80 bits per heavy atom. The summed E-state index contributed by atoms with van der Waals surface area (Å²) in [5.74, 6) is 1.86. The SMILES string of the molecule is C#C[C@]1(C)[C@@H]2O[P@](=O)(OCCC(C)C(=O)OC3CCCCC3)OC[C@H]2O[C@H]1n1ccc(=O)[nH]c1=O. The number of rotatable bonds is 7. The molecule has 0 bridgehead atoms. The second-order valence-corrected chi connectivity index (χ2v) is 11.1. The second kappa shape index (κ2) is 10.4. The van der Waals surface area contributed by atoms with Gasteiger partial charge in [0.2, 0.25) is 0 Å². The Bertz CT molecular complexity index is 1130. The Kier molecular flexibility index (Phi) is 7.69. The van der Waals surface area contributed by atoms with Gasteiger partial charge in [-0.05, 0) is 39.0 Å². The number of esters is 1. The maximum Gasteiger partial charge on any atom is 0.475 e. The van der Waals surface area contributed by atoms with Gasteiger partial charge in [0.05, 0.1) is 19.1 Å². The van der Waals surface area contributed by atoms with Crippen LogP contribution in [0.1, 0.15) is 58.6 Å². The predicted octanol–water partition coefficient (Wildman–Crippen LogP) is 2.52. The van der Waals surface area contributed by atoms with E-state index in [2.05, 4.69) is 10.9 Å². The molecule has 1 aromatic heterocycles. The number of aromatic amines is 1. The summed E-state index contributed by atoms with van der Waals surface area (Å²) in [4.78, 5) is 38.3. The summed E-state index contributed by atoms with van der Waals surface area (Å²) in [6.07, 6.45) is 9.78. The number of hydrogen-bond donors (Lipinski definition) is 1. The van der Waals surface area contributed by atoms with Crippen molar-refractivity contribution in [1.82, 2.24) is 9.55 Å². The minimum Gasteiger partial charge on any atom is -0.462 e. The van der Waals surface area contributed by atoms with Crippen molar-refractivity contribution < 1.29 is 32.4 Å². The van der Waals surface area contributed by atoms with E-state index < -0.39 is 48.8 Å². The lowest BCUT2D eigenvalue weighted by Crippen LogP contribution is -2.43. The van der Waals surface area contributed by atoms with Gasteiger partial charge in [-0.1, -0.05) is 19.3 Å². The summed E-state index contributed by atoms with van der Waals surface area (Å²) in [6, 6.07) is 1.18. The van der Waals surface area contributed by atoms with Crippen LogP contribution >= 0.6 is 7.82 Å². The largest absolute Gasteiger partial charge is 0.475 e. The normalized spacial score (nSPS) is 34.0. The molecule has 3 aliphatic rings. The number of terminal acetylenes is 1. The number of phosphoric ester groups is 1. The Morgan fingerprint density at radius 2 is 2.11 bits per heavy atom. The van der Waals surface area contributed by atoms with Crippen LogP contribution in [0.3, 0.4) is 0 Å². The summed E-state index contributed by atoms with van der Waals surface area (Å²) >= 11 is 0. The molecule has 1 N–H and O–H groups in total. The number of nitrogens with zero attached hydrogens (tertiary/aromatic N) is 1. The molecule has 1 aliphatic carbocycles. The van der Waals surface area contributed by atoms with Crippen LogP contribution in [-0.4, -0.2) is 47.0 Å². The smallest absolute Gasteiger partial charge is 0.462 e. The van der Waals surface area contributed by atoms with Crippen LogP contribution < -0.4 is 11.2 Å². The van der Waals surface area contributed by atoms with Crippen LogP contribution in [0.5, 0.6) is 0 Å². The van der Waals surface area contributed by atoms with Gasteiger partial charge >= 0.3 is 19.5 Å². The molecule has 2 aliphatic heterocycles. The summed E-state index contributed by atoms with van der Waals surface area (Å²) in [5, 5.41) is 0. The quantitative estimate of drug-likeness (QED) is 0.333. The molecule has 12 heteroatoms. The van der Waals surface area contributed by atoms with Crippen LogP contribution in [0, 0.1) is 23.7 Å². The average molecular weight is 510 g/mol. The number of nitrogens with one attached hydrogen (secondary N) is 1. The van der Waals surface area contributed by atoms with Crippen LogP contribution in [0.4, 0.5) is 0 Å². The van der Waals surface area contributed by atoms with Gasteiger partial charge in [-0.25, -0.2) is 9.36 Å². The maximum atomic E-state index is 13.2. The topological polar surface area (TPSA) is 135 Å². The monoisotopic (exact) mass is 510 g/mol. The molecule has 0 amide bonds. The molecule has 1 aromatic rings. The van der Waals surface area contributed by atoms with Gasteiger partial charge in [0.1, 0.15) is 23.7 Å². The molecule has 11 nitrogen and oxygen atoms in total. The number of carbonyl (C=O) groups is 1. The summed E-state index contributed by atoms with van der Waals surface area (Å²) < 4.78 is 42.4. The number of phosphoric acid groups is 1. The van der Waals surface area contributed by atoms with E-state index in [4.69, 9.17) is 29.5 Å². The van der Waals surface area contributed by atoms with Gasteiger partial charge in [-0.3, -0.25) is 32.7 Å². The highest BCUT2D eigenvalue weighted by Gasteiger charge is 2.60. The molecule has 1 saturated carbocycles. The fraction of sp³-hybridized carbons (Fsp3) is 0.696. The lowest BCUT2D eigenvalue weighted by atomic mass is 9.83. The van der Waals surface area contributed by atoms with Crippen molar-refractivity contribution in [2.24, 2.45) is 11.3 Å². The molecule has 192 valence electrons. The van der Waals surface area contributed by atoms with E-state index in [0.717, 1.165) is 30.3 Å². The molecule has 3 fully saturated rings. The fourth-order valence-corrected chi connectivity index (χ4v) is 6.14. The predicted molar refractivity (Wildman–Crippen MR) is 123 cm³/mol. The molecular formula is C23H31N2O9P. The Balaban J connectivity index is 1.37. The highest BCUT2D eigenvalue weighted by atomic mass is 31.2. The van der Waals surface area contributed by atoms with Crippen molar-refractivity contribution >= 4 is 13.8 Å². The molecule has 0 spiro atoms. The van der Waals surface area contributed by atoms with Gasteiger partial charge in [-0.2, -0.15) is 0 Å². The third-order valence-corrected chi connectivity index (χ3v) is 8.29. The van der Waals surface area contributed by atoms with Gasteiger partial charge in [0.15, 0.2) is 6.23 Å². The molecule has 35 heavy (non-hydrogen) atoms. The van der Waals surface area contributed by atoms with Crippen LogP contribution in [0.25, 0.3) is 0 Å². The Morgan fingerprint density at radius 1 is 1.37 bits per heavy atom. The number of fused-ring (bicyclic) bond motifs is 1. The van der Waals surface area contributed by atoms with Gasteiger partial charge in [0.25, 0.3) is 5.56 Å². The lowest BCUT2D eigenvalue weighted by molar-refractivity contribution is -0.155. The second-order valence-electron chi connectivity index (χ2n) is 9.46. The maximum absolute atomic E-state index is 13.2. The van der Waals surface area contributed by atoms with Crippen LogP contribution in [0.2, 0.25) is 0 Å². The van der Waals surface area contributed by atoms with Crippen molar-refractivity contribution in [3.63, 3.8) is 0 Å². The number of hydrogen-bond acceptors (Lipinski definition) is 9. The minimum atomic E-state index is -4.01. The Hall–Kier alpha value is -2.22. The van der Waals surface area contributed by atoms with E-state index in [0.29, 0.717) is 0 Å². The van der Waals surface area contributed by atoms with Crippen molar-refractivity contribution in [3.8, 4) is 12.3 Å². The van der Waals surface area contributed by atoms with E-state index >= 15 is 0 Å². The molecule has 4 rings (SSSR count). The number of aromatic nitrogens is 2. The lowest BCUT2D eigenvalue weighted by Gasteiger charge is -2.35. The highest BCUT2D eigenvalue weighted by Crippen LogP contribution is 2.60. The molecule has 0 radical (unpaired) electrons. The van der Waals surface area contributed by atoms with Gasteiger partial charge in [0, 0.05) is 12.3 Å². The average Bonchev–Trinajstić information content (AvgIpc) is 3.11. The molecule has 0 aromatic carbocycles. The third kappa shape index (κ3) is 5.47. The van der Waals surface area contributed by atoms with Gasteiger partial charge < -0.3 is 9.47 Å². The fourth-order valence-electron chi connectivity index (χ4n) is 4.65. The van der Waals surface area contributed by atoms with Crippen molar-refractivity contribution in [3.05, 3.63) is 33.1 Å². The highest BCUT2D eigenvalue weighted by molar-refractivity contribution is 7.48. The molecule has 2 saturated heterocycles. The first kappa shape index (κ1) is 25.9. The number of ether oxygens (including phenoxy) is 2. The van der Waals surface area contributed by atoms with Crippen LogP contribution in [0.15, 0.2) is 21.9 Å². The summed E-state index contributed by atoms with van der Waals surface area (Å²) in [7, 11) is -4.01. The first-order chi connectivity index (χ1) is 16.6. The standard InChI is InChI=1S/C23H31N2O9P/c1-4-23(3)19-17(33-21(23)25-12-10-18(26)24-22(25)28)14-31-35(29,34-19)30-13-11-15(2)20(27)32-16-8-6-5-7-9-16/h1,10,12,15-17,19,21H,5-9,11,13-14H2,2-3H3,(H,24,26,28)/t15?,17-,19-,21-,23-,35-/m1/s1. The van der Waals surface area contributed by atoms with E-state index in [1.165, 1.54) is 18.7 Å². The molecule has 1 unspecified atom stereocenters. The van der Waals surface area contributed by atoms with Crippen molar-refractivity contribution in [2.45, 2.75) is 76.9 Å². The summed E-state index contributed by atoms with van der Waals surface area (Å²) in [6.45, 7) is 3.19.